The summed E-state index contributed by atoms with van der Waals surface area (Å²) in [5.41, 5.74) is -2.02. The van der Waals surface area contributed by atoms with Crippen molar-refractivity contribution in [2.24, 2.45) is 0 Å². The Balaban J connectivity index is 1.41. The van der Waals surface area contributed by atoms with Crippen LogP contribution in [-0.4, -0.2) is 60.5 Å². The number of phosphoric ester groups is 1. The molecule has 0 radical (unpaired) electrons. The molecule has 18 heteroatoms. The Bertz CT molecular complexity index is 2160. The number of thioether (sulfide) groups is 1. The van der Waals surface area contributed by atoms with Gasteiger partial charge in [-0.25, -0.2) is 32.2 Å². The van der Waals surface area contributed by atoms with Crippen LogP contribution in [-0.2, 0) is 42.1 Å². The largest absolute Gasteiger partial charge is 0.469 e. The maximum absolute atomic E-state index is 15.8. The van der Waals surface area contributed by atoms with Crippen molar-refractivity contribution in [2.75, 3.05) is 13.2 Å². The third-order valence-electron chi connectivity index (χ3n) is 8.10. The average Bonchev–Trinajstić information content (AvgIpc) is 3.66. The topological polar surface area (TPSA) is 190 Å². The Morgan fingerprint density at radius 2 is 1.80 bits per heavy atom. The molecule has 2 atom stereocenters. The highest BCUT2D eigenvalue weighted by atomic mass is 32.2. The van der Waals surface area contributed by atoms with Crippen molar-refractivity contribution in [2.45, 2.75) is 42.5 Å². The quantitative estimate of drug-likeness (QED) is 0.0870. The van der Waals surface area contributed by atoms with Gasteiger partial charge in [0.1, 0.15) is 30.1 Å². The van der Waals surface area contributed by atoms with Crippen molar-refractivity contribution < 1.29 is 51.1 Å². The van der Waals surface area contributed by atoms with Crippen LogP contribution >= 0.6 is 19.6 Å². The summed E-state index contributed by atoms with van der Waals surface area (Å²) in [5.74, 6) is -3.58. The molecule has 1 aliphatic rings. The second-order valence-corrected chi connectivity index (χ2v) is 14.7. The number of hydrogen-bond acceptors (Lipinski definition) is 11. The zero-order chi connectivity index (χ0) is 38.9. The smallest absolute Gasteiger partial charge is 0.447 e. The van der Waals surface area contributed by atoms with E-state index in [1.165, 1.54) is 59.4 Å². The van der Waals surface area contributed by atoms with Crippen molar-refractivity contribution in [1.29, 1.82) is 10.5 Å². The summed E-state index contributed by atoms with van der Waals surface area (Å²) >= 11 is 1.22. The molecule has 3 aromatic carbocycles. The summed E-state index contributed by atoms with van der Waals surface area (Å²) in [6.45, 7) is 0.852. The molecule has 0 spiro atoms. The first kappa shape index (κ1) is 40.1. The minimum atomic E-state index is -4.98. The van der Waals surface area contributed by atoms with E-state index in [9.17, 15) is 33.2 Å². The van der Waals surface area contributed by atoms with Gasteiger partial charge in [-0.3, -0.25) is 4.52 Å². The molecule has 1 aromatic heterocycles. The minimum Gasteiger partial charge on any atom is -0.447 e. The predicted octanol–water partition coefficient (Wildman–Crippen LogP) is 5.93. The van der Waals surface area contributed by atoms with Gasteiger partial charge >= 0.3 is 13.8 Å². The lowest BCUT2D eigenvalue weighted by Gasteiger charge is -2.40. The first-order valence-electron chi connectivity index (χ1n) is 16.0. The summed E-state index contributed by atoms with van der Waals surface area (Å²) < 4.78 is 79.6. The van der Waals surface area contributed by atoms with Crippen LogP contribution in [0.3, 0.4) is 0 Å². The number of ether oxygens (including phenoxy) is 3. The summed E-state index contributed by atoms with van der Waals surface area (Å²) in [7, 11) is -4.98. The second-order valence-electron chi connectivity index (χ2n) is 11.8. The lowest BCUT2D eigenvalue weighted by molar-refractivity contribution is -0.146. The lowest BCUT2D eigenvalue weighted by Crippen LogP contribution is -2.47. The first-order chi connectivity index (χ1) is 25.8. The molecule has 1 saturated heterocycles. The van der Waals surface area contributed by atoms with Crippen LogP contribution in [0.25, 0.3) is 6.08 Å². The molecule has 0 bridgehead atoms. The van der Waals surface area contributed by atoms with Crippen LogP contribution in [0.4, 0.5) is 13.2 Å². The summed E-state index contributed by atoms with van der Waals surface area (Å²) in [5, 5.41) is 21.3. The van der Waals surface area contributed by atoms with Crippen molar-refractivity contribution >= 4 is 31.6 Å². The van der Waals surface area contributed by atoms with Gasteiger partial charge in [0.15, 0.2) is 11.9 Å². The SMILES string of the molecule is C[C@@H](S[C@H]1CO[C@H](/C=C/C=C/c2ccc(C#N)cc2F)OC1)[C@@](Cn1cncn1)(OC(=O)c1cc(C#N)ccc1COP(=O)(O)O)c1ccc(F)cc1F. The van der Waals surface area contributed by atoms with Gasteiger partial charge in [0, 0.05) is 22.4 Å². The number of hydrogen-bond donors (Lipinski definition) is 2. The van der Waals surface area contributed by atoms with Crippen LogP contribution in [0.1, 0.15) is 45.1 Å². The maximum Gasteiger partial charge on any atom is 0.469 e. The number of carbonyl (C=O) groups excluding carboxylic acids is 1. The highest BCUT2D eigenvalue weighted by molar-refractivity contribution is 8.00. The molecule has 2 heterocycles. The monoisotopic (exact) mass is 781 g/mol. The van der Waals surface area contributed by atoms with E-state index in [1.807, 2.05) is 12.1 Å². The van der Waals surface area contributed by atoms with E-state index in [-0.39, 0.29) is 53.1 Å². The number of halogens is 3. The summed E-state index contributed by atoms with van der Waals surface area (Å²) in [6, 6.07) is 14.4. The Kier molecular flexibility index (Phi) is 13.2. The maximum atomic E-state index is 15.8. The van der Waals surface area contributed by atoms with Crippen molar-refractivity contribution in [3.05, 3.63) is 136 Å². The van der Waals surface area contributed by atoms with Crippen LogP contribution in [0.5, 0.6) is 0 Å². The van der Waals surface area contributed by atoms with E-state index >= 15 is 4.39 Å². The number of carbonyl (C=O) groups is 1. The van der Waals surface area contributed by atoms with Gasteiger partial charge in [0.2, 0.25) is 0 Å². The van der Waals surface area contributed by atoms with E-state index in [2.05, 4.69) is 14.6 Å². The second kappa shape index (κ2) is 17.8. The normalized spacial score (nSPS) is 17.9. The Labute approximate surface area is 311 Å². The zero-order valence-electron chi connectivity index (χ0n) is 28.3. The van der Waals surface area contributed by atoms with Crippen LogP contribution in [0.15, 0.2) is 85.5 Å². The summed E-state index contributed by atoms with van der Waals surface area (Å²) in [6.07, 6.45) is 8.08. The van der Waals surface area contributed by atoms with Gasteiger partial charge in [0.25, 0.3) is 0 Å². The molecule has 0 amide bonds. The number of nitrogens with zero attached hydrogens (tertiary/aromatic N) is 5. The molecule has 0 aliphatic carbocycles. The van der Waals surface area contributed by atoms with E-state index < -0.39 is 60.2 Å². The zero-order valence-corrected chi connectivity index (χ0v) is 30.0. The molecule has 13 nitrogen and oxygen atoms in total. The highest BCUT2D eigenvalue weighted by Crippen LogP contribution is 2.43. The minimum absolute atomic E-state index is 0.0103. The average molecular weight is 782 g/mol. The van der Waals surface area contributed by atoms with Gasteiger partial charge in [-0.15, -0.1) is 11.8 Å². The van der Waals surface area contributed by atoms with Crippen LogP contribution in [0, 0.1) is 40.1 Å². The van der Waals surface area contributed by atoms with Crippen molar-refractivity contribution in [3.63, 3.8) is 0 Å². The number of rotatable bonds is 14. The summed E-state index contributed by atoms with van der Waals surface area (Å²) in [4.78, 5) is 36.6. The molecule has 5 rings (SSSR count). The fourth-order valence-electron chi connectivity index (χ4n) is 5.46. The van der Waals surface area contributed by atoms with Gasteiger partial charge in [-0.2, -0.15) is 15.6 Å². The van der Waals surface area contributed by atoms with Crippen molar-refractivity contribution in [3.8, 4) is 12.1 Å². The molecule has 1 aliphatic heterocycles. The highest BCUT2D eigenvalue weighted by Gasteiger charge is 2.47. The lowest BCUT2D eigenvalue weighted by atomic mass is 9.89. The van der Waals surface area contributed by atoms with Gasteiger partial charge in [-0.1, -0.05) is 30.4 Å². The fraction of sp³-hybridized carbons (Fsp3) is 0.250. The molecular weight excluding hydrogens is 750 g/mol. The Hall–Kier alpha value is -5.10. The Morgan fingerprint density at radius 3 is 2.44 bits per heavy atom. The van der Waals surface area contributed by atoms with Gasteiger partial charge < -0.3 is 24.0 Å². The standard InChI is InChI=1S/C36H31F3N5O8PS/c1-23(54-29-18-49-34(50-19-29)5-3-2-4-26-8-6-25(16-41)13-32(26)38)36(20-44-22-42-21-43-44,31-11-10-28(37)14-33(31)39)52-35(45)30-12-24(15-40)7-9-27(30)17-51-53(46,47)48/h2-14,21-23,29,34H,17-20H2,1H3,(H2,46,47,48)/b4-2+,5-3+/t23-,29-,34-,36-/m1/s1. The molecule has 0 saturated carbocycles. The van der Waals surface area contributed by atoms with E-state index in [0.29, 0.717) is 6.07 Å². The molecule has 280 valence electrons. The van der Waals surface area contributed by atoms with Crippen LogP contribution in [0.2, 0.25) is 0 Å². The molecule has 4 aromatic rings. The first-order valence-corrected chi connectivity index (χ1v) is 18.4. The molecule has 1 fully saturated rings. The van der Waals surface area contributed by atoms with Crippen molar-refractivity contribution in [1.82, 2.24) is 14.8 Å². The molecule has 54 heavy (non-hydrogen) atoms. The number of allylic oxidation sites excluding steroid dienone is 2. The van der Waals surface area contributed by atoms with Crippen LogP contribution < -0.4 is 0 Å². The van der Waals surface area contributed by atoms with Gasteiger partial charge in [0.05, 0.1) is 60.4 Å². The number of benzene rings is 3. The number of aromatic nitrogens is 3. The fourth-order valence-corrected chi connectivity index (χ4v) is 7.13. The number of esters is 1. The molecular formula is C36H31F3N5O8PS. The van der Waals surface area contributed by atoms with E-state index in [0.717, 1.165) is 24.3 Å². The Morgan fingerprint density at radius 1 is 1.07 bits per heavy atom. The van der Waals surface area contributed by atoms with Gasteiger partial charge in [-0.05, 0) is 55.0 Å². The third-order valence-corrected chi connectivity index (χ3v) is 10.0. The number of phosphoric acid groups is 1. The van der Waals surface area contributed by atoms with E-state index in [1.54, 1.807) is 25.2 Å². The third kappa shape index (κ3) is 10.3. The molecule has 2 N–H and O–H groups in total. The molecule has 0 unspecified atom stereocenters. The number of nitriles is 2. The van der Waals surface area contributed by atoms with E-state index in [4.69, 9.17) is 19.5 Å². The predicted molar refractivity (Wildman–Crippen MR) is 187 cm³/mol.